The molecule has 0 radical (unpaired) electrons. The van der Waals surface area contributed by atoms with Crippen LogP contribution in [0.2, 0.25) is 5.15 Å². The van der Waals surface area contributed by atoms with Crippen LogP contribution < -0.4 is 0 Å². The summed E-state index contributed by atoms with van der Waals surface area (Å²) in [7, 11) is 0. The molecule has 0 aliphatic heterocycles. The largest absolute Gasteiger partial charge is 0.417 e. The maximum Gasteiger partial charge on any atom is 0.417 e. The number of halogens is 4. The number of aryl methyl sites for hydroxylation is 1. The van der Waals surface area contributed by atoms with Crippen LogP contribution in [0, 0.1) is 6.92 Å². The second kappa shape index (κ2) is 3.63. The number of aromatic nitrogens is 1. The van der Waals surface area contributed by atoms with Crippen LogP contribution >= 0.6 is 11.6 Å². The summed E-state index contributed by atoms with van der Waals surface area (Å²) in [5.74, 6) is 0. The molecule has 0 atom stereocenters. The van der Waals surface area contributed by atoms with E-state index >= 15 is 0 Å². The lowest BCUT2D eigenvalue weighted by molar-refractivity contribution is -0.136. The molecular weight excluding hydrogens is 239 g/mol. The van der Waals surface area contributed by atoms with E-state index < -0.39 is 11.7 Å². The molecular formula is C11H7ClF3N. The summed E-state index contributed by atoms with van der Waals surface area (Å²) in [4.78, 5) is 3.88. The Morgan fingerprint density at radius 1 is 1.19 bits per heavy atom. The molecule has 1 nitrogen and oxygen atoms in total. The summed E-state index contributed by atoms with van der Waals surface area (Å²) < 4.78 is 38.1. The van der Waals surface area contributed by atoms with Crippen LogP contribution in [0.5, 0.6) is 0 Å². The highest BCUT2D eigenvalue weighted by Gasteiger charge is 2.33. The SMILES string of the molecule is Cc1ccc2c(C(F)(F)F)cc(Cl)nc2c1. The first kappa shape index (κ1) is 11.2. The number of benzene rings is 1. The Morgan fingerprint density at radius 2 is 1.88 bits per heavy atom. The van der Waals surface area contributed by atoms with E-state index in [-0.39, 0.29) is 16.1 Å². The normalized spacial score (nSPS) is 12.1. The number of fused-ring (bicyclic) bond motifs is 1. The zero-order valence-corrected chi connectivity index (χ0v) is 9.02. The third kappa shape index (κ3) is 1.97. The lowest BCUT2D eigenvalue weighted by Crippen LogP contribution is -2.06. The Morgan fingerprint density at radius 3 is 2.50 bits per heavy atom. The van der Waals surface area contributed by atoms with Gasteiger partial charge in [-0.1, -0.05) is 23.7 Å². The first-order chi connectivity index (χ1) is 7.38. The summed E-state index contributed by atoms with van der Waals surface area (Å²) in [6.07, 6.45) is -4.42. The Hall–Kier alpha value is -1.29. The molecule has 0 aliphatic carbocycles. The molecule has 1 heterocycles. The van der Waals surface area contributed by atoms with Crippen LogP contribution in [0.15, 0.2) is 24.3 Å². The van der Waals surface area contributed by atoms with Gasteiger partial charge in [-0.15, -0.1) is 0 Å². The van der Waals surface area contributed by atoms with Crippen molar-refractivity contribution >= 4 is 22.5 Å². The van der Waals surface area contributed by atoms with Crippen LogP contribution in [-0.4, -0.2) is 4.98 Å². The molecule has 1 aromatic carbocycles. The monoisotopic (exact) mass is 245 g/mol. The minimum absolute atomic E-state index is 0.0718. The summed E-state index contributed by atoms with van der Waals surface area (Å²) in [5, 5.41) is -0.0760. The van der Waals surface area contributed by atoms with E-state index in [1.54, 1.807) is 19.1 Å². The number of pyridine rings is 1. The molecule has 1 aromatic heterocycles. The van der Waals surface area contributed by atoms with Crippen molar-refractivity contribution in [2.45, 2.75) is 13.1 Å². The molecule has 0 saturated heterocycles. The molecule has 2 rings (SSSR count). The van der Waals surface area contributed by atoms with E-state index in [1.165, 1.54) is 6.07 Å². The Bertz CT molecular complexity index is 543. The zero-order chi connectivity index (χ0) is 11.9. The maximum absolute atomic E-state index is 12.7. The minimum atomic E-state index is -4.42. The van der Waals surface area contributed by atoms with E-state index in [2.05, 4.69) is 4.98 Å². The smallest absolute Gasteiger partial charge is 0.236 e. The van der Waals surface area contributed by atoms with Crippen molar-refractivity contribution in [3.05, 3.63) is 40.5 Å². The van der Waals surface area contributed by atoms with Crippen molar-refractivity contribution in [1.29, 1.82) is 0 Å². The van der Waals surface area contributed by atoms with E-state index in [0.717, 1.165) is 11.6 Å². The minimum Gasteiger partial charge on any atom is -0.236 e. The Labute approximate surface area is 94.9 Å². The number of nitrogens with zero attached hydrogens (tertiary/aromatic N) is 1. The third-order valence-electron chi connectivity index (χ3n) is 2.24. The van der Waals surface area contributed by atoms with Gasteiger partial charge in [0.1, 0.15) is 5.15 Å². The molecule has 0 saturated carbocycles. The van der Waals surface area contributed by atoms with Gasteiger partial charge in [-0.25, -0.2) is 4.98 Å². The van der Waals surface area contributed by atoms with Gasteiger partial charge in [0.05, 0.1) is 11.1 Å². The molecule has 0 spiro atoms. The molecule has 5 heteroatoms. The van der Waals surface area contributed by atoms with Gasteiger partial charge in [-0.3, -0.25) is 0 Å². The molecule has 0 amide bonds. The van der Waals surface area contributed by atoms with Gasteiger partial charge in [-0.2, -0.15) is 13.2 Å². The fourth-order valence-electron chi connectivity index (χ4n) is 1.54. The average Bonchev–Trinajstić information content (AvgIpc) is 2.14. The van der Waals surface area contributed by atoms with Crippen molar-refractivity contribution in [3.8, 4) is 0 Å². The first-order valence-electron chi connectivity index (χ1n) is 4.52. The molecule has 16 heavy (non-hydrogen) atoms. The topological polar surface area (TPSA) is 12.9 Å². The van der Waals surface area contributed by atoms with Crippen molar-refractivity contribution in [1.82, 2.24) is 4.98 Å². The van der Waals surface area contributed by atoms with Crippen LogP contribution in [-0.2, 0) is 6.18 Å². The van der Waals surface area contributed by atoms with Crippen LogP contribution in [0.25, 0.3) is 10.9 Å². The predicted molar refractivity (Wildman–Crippen MR) is 56.5 cm³/mol. The van der Waals surface area contributed by atoms with Crippen molar-refractivity contribution in [3.63, 3.8) is 0 Å². The average molecular weight is 246 g/mol. The second-order valence-electron chi connectivity index (χ2n) is 3.51. The number of alkyl halides is 3. The lowest BCUT2D eigenvalue weighted by atomic mass is 10.1. The van der Waals surface area contributed by atoms with Gasteiger partial charge in [-0.05, 0) is 24.6 Å². The van der Waals surface area contributed by atoms with Crippen molar-refractivity contribution < 1.29 is 13.2 Å². The standard InChI is InChI=1S/C11H7ClF3N/c1-6-2-3-7-8(11(13,14)15)5-10(12)16-9(7)4-6/h2-5H,1H3. The highest BCUT2D eigenvalue weighted by atomic mass is 35.5. The van der Waals surface area contributed by atoms with E-state index in [4.69, 9.17) is 11.6 Å². The Balaban J connectivity index is 2.83. The summed E-state index contributed by atoms with van der Waals surface area (Å²) in [5.41, 5.74) is 0.359. The molecule has 0 aliphatic rings. The van der Waals surface area contributed by atoms with Gasteiger partial charge < -0.3 is 0 Å². The van der Waals surface area contributed by atoms with Crippen LogP contribution in [0.4, 0.5) is 13.2 Å². The zero-order valence-electron chi connectivity index (χ0n) is 8.27. The predicted octanol–water partition coefficient (Wildman–Crippen LogP) is 4.22. The summed E-state index contributed by atoms with van der Waals surface area (Å²) in [6.45, 7) is 1.79. The van der Waals surface area contributed by atoms with Crippen molar-refractivity contribution in [2.24, 2.45) is 0 Å². The Kier molecular flexibility index (Phi) is 2.54. The van der Waals surface area contributed by atoms with Gasteiger partial charge in [0.2, 0.25) is 0 Å². The fourth-order valence-corrected chi connectivity index (χ4v) is 1.74. The van der Waals surface area contributed by atoms with E-state index in [0.29, 0.717) is 0 Å². The highest BCUT2D eigenvalue weighted by Crippen LogP contribution is 2.35. The van der Waals surface area contributed by atoms with Crippen LogP contribution in [0.3, 0.4) is 0 Å². The lowest BCUT2D eigenvalue weighted by Gasteiger charge is -2.10. The van der Waals surface area contributed by atoms with Crippen molar-refractivity contribution in [2.75, 3.05) is 0 Å². The highest BCUT2D eigenvalue weighted by molar-refractivity contribution is 6.30. The summed E-state index contributed by atoms with van der Waals surface area (Å²) >= 11 is 5.57. The first-order valence-corrected chi connectivity index (χ1v) is 4.90. The van der Waals surface area contributed by atoms with E-state index in [9.17, 15) is 13.2 Å². The van der Waals surface area contributed by atoms with Gasteiger partial charge in [0, 0.05) is 5.39 Å². The third-order valence-corrected chi connectivity index (χ3v) is 2.43. The molecule has 84 valence electrons. The number of hydrogen-bond acceptors (Lipinski definition) is 1. The molecule has 0 N–H and O–H groups in total. The quantitative estimate of drug-likeness (QED) is 0.634. The molecule has 0 unspecified atom stereocenters. The molecule has 2 aromatic rings. The molecule has 0 fully saturated rings. The fraction of sp³-hybridized carbons (Fsp3) is 0.182. The maximum atomic E-state index is 12.7. The van der Waals surface area contributed by atoms with Gasteiger partial charge in [0.25, 0.3) is 0 Å². The number of hydrogen-bond donors (Lipinski definition) is 0. The van der Waals surface area contributed by atoms with Gasteiger partial charge in [0.15, 0.2) is 0 Å². The van der Waals surface area contributed by atoms with E-state index in [1.807, 2.05) is 0 Å². The van der Waals surface area contributed by atoms with Gasteiger partial charge >= 0.3 is 6.18 Å². The summed E-state index contributed by atoms with van der Waals surface area (Å²) in [6, 6.07) is 5.46. The molecule has 0 bridgehead atoms. The number of rotatable bonds is 0. The van der Waals surface area contributed by atoms with Crippen LogP contribution in [0.1, 0.15) is 11.1 Å². The second-order valence-corrected chi connectivity index (χ2v) is 3.90.